The predicted octanol–water partition coefficient (Wildman–Crippen LogP) is 4.16. The highest BCUT2D eigenvalue weighted by Crippen LogP contribution is 2.28. The maximum absolute atomic E-state index is 9.48. The van der Waals surface area contributed by atoms with Crippen LogP contribution in [0.4, 0.5) is 0 Å². The van der Waals surface area contributed by atoms with Gasteiger partial charge < -0.3 is 5.11 Å². The zero-order chi connectivity index (χ0) is 13.3. The van der Waals surface area contributed by atoms with Crippen LogP contribution >= 0.6 is 11.3 Å². The standard InChI is InChI=1S/C15H19NOS/c1-10(17)14-16-13(9-18-14)11-5-7-12(8-6-11)15(2,3)4/h5-10,17H,1-4H3. The third kappa shape index (κ3) is 2.79. The van der Waals surface area contributed by atoms with Gasteiger partial charge in [-0.2, -0.15) is 0 Å². The molecule has 1 unspecified atom stereocenters. The Morgan fingerprint density at radius 2 is 1.78 bits per heavy atom. The molecule has 1 aromatic heterocycles. The highest BCUT2D eigenvalue weighted by atomic mass is 32.1. The van der Waals surface area contributed by atoms with Gasteiger partial charge in [0.1, 0.15) is 11.1 Å². The highest BCUT2D eigenvalue weighted by molar-refractivity contribution is 7.10. The number of aliphatic hydroxyl groups excluding tert-OH is 1. The molecule has 0 saturated heterocycles. The van der Waals surface area contributed by atoms with E-state index < -0.39 is 6.10 Å². The van der Waals surface area contributed by atoms with Crippen molar-refractivity contribution in [2.75, 3.05) is 0 Å². The van der Waals surface area contributed by atoms with Crippen molar-refractivity contribution in [3.63, 3.8) is 0 Å². The number of rotatable bonds is 2. The minimum atomic E-state index is -0.488. The summed E-state index contributed by atoms with van der Waals surface area (Å²) in [5, 5.41) is 12.2. The van der Waals surface area contributed by atoms with Crippen molar-refractivity contribution < 1.29 is 5.11 Å². The van der Waals surface area contributed by atoms with Crippen LogP contribution < -0.4 is 0 Å². The van der Waals surface area contributed by atoms with Crippen LogP contribution in [0.5, 0.6) is 0 Å². The van der Waals surface area contributed by atoms with Crippen LogP contribution in [0.25, 0.3) is 11.3 Å². The van der Waals surface area contributed by atoms with Crippen LogP contribution in [-0.4, -0.2) is 10.1 Å². The lowest BCUT2D eigenvalue weighted by molar-refractivity contribution is 0.199. The zero-order valence-electron chi connectivity index (χ0n) is 11.3. The molecule has 2 rings (SSSR count). The van der Waals surface area contributed by atoms with Crippen LogP contribution in [-0.2, 0) is 5.41 Å². The Morgan fingerprint density at radius 3 is 2.22 bits per heavy atom. The van der Waals surface area contributed by atoms with Crippen LogP contribution in [0.2, 0.25) is 0 Å². The van der Waals surface area contributed by atoms with Crippen molar-refractivity contribution in [3.05, 3.63) is 40.2 Å². The van der Waals surface area contributed by atoms with Gasteiger partial charge in [-0.15, -0.1) is 11.3 Å². The molecule has 96 valence electrons. The molecule has 1 heterocycles. The molecule has 3 heteroatoms. The molecule has 0 spiro atoms. The molecule has 0 radical (unpaired) electrons. The number of aromatic nitrogens is 1. The first-order valence-corrected chi connectivity index (χ1v) is 7.00. The molecule has 2 aromatic rings. The molecule has 1 N–H and O–H groups in total. The summed E-state index contributed by atoms with van der Waals surface area (Å²) >= 11 is 1.50. The normalized spacial score (nSPS) is 13.6. The summed E-state index contributed by atoms with van der Waals surface area (Å²) in [5.41, 5.74) is 3.53. The maximum atomic E-state index is 9.48. The van der Waals surface area contributed by atoms with E-state index >= 15 is 0 Å². The quantitative estimate of drug-likeness (QED) is 0.880. The molecule has 0 amide bonds. The predicted molar refractivity (Wildman–Crippen MR) is 76.9 cm³/mol. The second-order valence-electron chi connectivity index (χ2n) is 5.57. The first-order valence-electron chi connectivity index (χ1n) is 6.12. The summed E-state index contributed by atoms with van der Waals surface area (Å²) in [5.74, 6) is 0. The minimum absolute atomic E-state index is 0.172. The van der Waals surface area contributed by atoms with E-state index in [4.69, 9.17) is 0 Å². The molecule has 0 aliphatic rings. The second-order valence-corrected chi connectivity index (χ2v) is 6.46. The van der Waals surface area contributed by atoms with Crippen molar-refractivity contribution >= 4 is 11.3 Å². The Bertz CT molecular complexity index is 520. The second kappa shape index (κ2) is 4.82. The minimum Gasteiger partial charge on any atom is -0.386 e. The van der Waals surface area contributed by atoms with Crippen LogP contribution in [0.3, 0.4) is 0 Å². The van der Waals surface area contributed by atoms with Crippen molar-refractivity contribution in [1.29, 1.82) is 0 Å². The van der Waals surface area contributed by atoms with E-state index in [1.165, 1.54) is 16.9 Å². The highest BCUT2D eigenvalue weighted by Gasteiger charge is 2.14. The fraction of sp³-hybridized carbons (Fsp3) is 0.400. The number of hydrogen-bond donors (Lipinski definition) is 1. The number of aliphatic hydroxyl groups is 1. The third-order valence-electron chi connectivity index (χ3n) is 2.93. The average Bonchev–Trinajstić information content (AvgIpc) is 2.77. The molecule has 1 atom stereocenters. The summed E-state index contributed by atoms with van der Waals surface area (Å²) in [6.07, 6.45) is -0.488. The van der Waals surface area contributed by atoms with Crippen molar-refractivity contribution in [2.24, 2.45) is 0 Å². The van der Waals surface area contributed by atoms with Crippen molar-refractivity contribution in [2.45, 2.75) is 39.2 Å². The van der Waals surface area contributed by atoms with Gasteiger partial charge in [0.15, 0.2) is 0 Å². The topological polar surface area (TPSA) is 33.1 Å². The Hall–Kier alpha value is -1.19. The van der Waals surface area contributed by atoms with Crippen LogP contribution in [0.15, 0.2) is 29.6 Å². The van der Waals surface area contributed by atoms with Gasteiger partial charge in [-0.25, -0.2) is 4.98 Å². The van der Waals surface area contributed by atoms with Crippen molar-refractivity contribution in [1.82, 2.24) is 4.98 Å². The van der Waals surface area contributed by atoms with E-state index in [-0.39, 0.29) is 5.41 Å². The molecule has 18 heavy (non-hydrogen) atoms. The fourth-order valence-electron chi connectivity index (χ4n) is 1.75. The van der Waals surface area contributed by atoms with E-state index in [1.807, 2.05) is 5.38 Å². The molecule has 0 aliphatic carbocycles. The Balaban J connectivity index is 2.29. The van der Waals surface area contributed by atoms with Gasteiger partial charge in [0.05, 0.1) is 5.69 Å². The monoisotopic (exact) mass is 261 g/mol. The van der Waals surface area contributed by atoms with E-state index in [9.17, 15) is 5.11 Å². The lowest BCUT2D eigenvalue weighted by Gasteiger charge is -2.18. The third-order valence-corrected chi connectivity index (χ3v) is 3.94. The number of thiazole rings is 1. The number of nitrogens with zero attached hydrogens (tertiary/aromatic N) is 1. The number of hydrogen-bond acceptors (Lipinski definition) is 3. The SMILES string of the molecule is CC(O)c1nc(-c2ccc(C(C)(C)C)cc2)cs1. The molecule has 1 aromatic carbocycles. The molecule has 0 bridgehead atoms. The van der Waals surface area contributed by atoms with E-state index in [0.717, 1.165) is 16.3 Å². The van der Waals surface area contributed by atoms with Crippen LogP contribution in [0, 0.1) is 0 Å². The van der Waals surface area contributed by atoms with Crippen molar-refractivity contribution in [3.8, 4) is 11.3 Å². The summed E-state index contributed by atoms with van der Waals surface area (Å²) < 4.78 is 0. The molecular formula is C15H19NOS. The van der Waals surface area contributed by atoms with Gasteiger partial charge in [0.2, 0.25) is 0 Å². The molecule has 0 saturated carbocycles. The maximum Gasteiger partial charge on any atom is 0.122 e. The first kappa shape index (κ1) is 13.2. The fourth-order valence-corrected chi connectivity index (χ4v) is 2.52. The van der Waals surface area contributed by atoms with Gasteiger partial charge >= 0.3 is 0 Å². The molecular weight excluding hydrogens is 242 g/mol. The number of benzene rings is 1. The van der Waals surface area contributed by atoms with E-state index in [0.29, 0.717) is 0 Å². The summed E-state index contributed by atoms with van der Waals surface area (Å²) in [4.78, 5) is 4.44. The first-order chi connectivity index (χ1) is 8.38. The largest absolute Gasteiger partial charge is 0.386 e. The summed E-state index contributed by atoms with van der Waals surface area (Å²) in [6.45, 7) is 8.36. The molecule has 0 aliphatic heterocycles. The Kier molecular flexibility index (Phi) is 3.55. The van der Waals surface area contributed by atoms with Gasteiger partial charge in [0, 0.05) is 10.9 Å². The van der Waals surface area contributed by atoms with E-state index in [1.54, 1.807) is 6.92 Å². The summed E-state index contributed by atoms with van der Waals surface area (Å²) in [6, 6.07) is 8.50. The summed E-state index contributed by atoms with van der Waals surface area (Å²) in [7, 11) is 0. The van der Waals surface area contributed by atoms with Gasteiger partial charge in [0.25, 0.3) is 0 Å². The Labute approximate surface area is 112 Å². The van der Waals surface area contributed by atoms with Gasteiger partial charge in [-0.1, -0.05) is 45.0 Å². The van der Waals surface area contributed by atoms with Gasteiger partial charge in [-0.05, 0) is 17.9 Å². The smallest absolute Gasteiger partial charge is 0.122 e. The average molecular weight is 261 g/mol. The van der Waals surface area contributed by atoms with Gasteiger partial charge in [-0.3, -0.25) is 0 Å². The lowest BCUT2D eigenvalue weighted by atomic mass is 9.86. The lowest BCUT2D eigenvalue weighted by Crippen LogP contribution is -2.10. The Morgan fingerprint density at radius 1 is 1.17 bits per heavy atom. The zero-order valence-corrected chi connectivity index (χ0v) is 12.1. The molecule has 2 nitrogen and oxygen atoms in total. The van der Waals surface area contributed by atoms with Crippen LogP contribution in [0.1, 0.15) is 44.4 Å². The van der Waals surface area contributed by atoms with E-state index in [2.05, 4.69) is 50.0 Å². The molecule has 0 fully saturated rings.